The molecular weight excluding hydrogens is 258 g/mol. The Morgan fingerprint density at radius 2 is 2.47 bits per heavy atom. The molecule has 0 N–H and O–H groups in total. The summed E-state index contributed by atoms with van der Waals surface area (Å²) in [6.45, 7) is 2.69. The first-order valence-corrected chi connectivity index (χ1v) is 6.28. The number of rotatable bonds is 2. The molecular formula is C11H14BrNO2. The van der Waals surface area contributed by atoms with Crippen LogP contribution in [0.1, 0.15) is 29.2 Å². The zero-order valence-electron chi connectivity index (χ0n) is 8.70. The number of furan rings is 1. The first kappa shape index (κ1) is 10.7. The summed E-state index contributed by atoms with van der Waals surface area (Å²) in [4.78, 5) is 13.9. The SMILES string of the molecule is Cc1ccc(C(=O)N2CCCC2CBr)o1. The molecule has 2 rings (SSSR count). The van der Waals surface area contributed by atoms with Crippen LogP contribution in [0.5, 0.6) is 0 Å². The second-order valence-corrected chi connectivity index (χ2v) is 4.51. The van der Waals surface area contributed by atoms with Gasteiger partial charge in [0.1, 0.15) is 5.76 Å². The predicted octanol–water partition coefficient (Wildman–Crippen LogP) is 2.59. The maximum atomic E-state index is 12.0. The highest BCUT2D eigenvalue weighted by Crippen LogP contribution is 2.22. The topological polar surface area (TPSA) is 33.5 Å². The van der Waals surface area contributed by atoms with Crippen LogP contribution in [0, 0.1) is 6.92 Å². The molecule has 15 heavy (non-hydrogen) atoms. The molecule has 3 nitrogen and oxygen atoms in total. The van der Waals surface area contributed by atoms with Crippen LogP contribution in [-0.2, 0) is 0 Å². The number of alkyl halides is 1. The summed E-state index contributed by atoms with van der Waals surface area (Å²) in [5.41, 5.74) is 0. The van der Waals surface area contributed by atoms with Crippen molar-refractivity contribution in [2.75, 3.05) is 11.9 Å². The van der Waals surface area contributed by atoms with Crippen molar-refractivity contribution in [1.82, 2.24) is 4.90 Å². The van der Waals surface area contributed by atoms with Crippen molar-refractivity contribution < 1.29 is 9.21 Å². The first-order chi connectivity index (χ1) is 7.22. The van der Waals surface area contributed by atoms with Gasteiger partial charge in [0.25, 0.3) is 5.91 Å². The largest absolute Gasteiger partial charge is 0.456 e. The van der Waals surface area contributed by atoms with Gasteiger partial charge in [0.2, 0.25) is 0 Å². The Morgan fingerprint density at radius 3 is 3.07 bits per heavy atom. The number of nitrogens with zero attached hydrogens (tertiary/aromatic N) is 1. The molecule has 0 saturated carbocycles. The van der Waals surface area contributed by atoms with Crippen LogP contribution in [-0.4, -0.2) is 28.7 Å². The lowest BCUT2D eigenvalue weighted by Gasteiger charge is -2.21. The van der Waals surface area contributed by atoms with E-state index >= 15 is 0 Å². The summed E-state index contributed by atoms with van der Waals surface area (Å²) in [6.07, 6.45) is 2.17. The smallest absolute Gasteiger partial charge is 0.289 e. The van der Waals surface area contributed by atoms with Gasteiger partial charge in [0.15, 0.2) is 5.76 Å². The summed E-state index contributed by atoms with van der Waals surface area (Å²) in [5, 5.41) is 0.846. The van der Waals surface area contributed by atoms with E-state index in [0.29, 0.717) is 11.8 Å². The van der Waals surface area contributed by atoms with Crippen LogP contribution < -0.4 is 0 Å². The zero-order valence-corrected chi connectivity index (χ0v) is 10.3. The molecule has 4 heteroatoms. The zero-order chi connectivity index (χ0) is 10.8. The van der Waals surface area contributed by atoms with Crippen LogP contribution in [0.25, 0.3) is 0 Å². The van der Waals surface area contributed by atoms with Crippen LogP contribution in [0.15, 0.2) is 16.5 Å². The summed E-state index contributed by atoms with van der Waals surface area (Å²) >= 11 is 3.44. The molecule has 1 atom stereocenters. The Kier molecular flexibility index (Phi) is 3.14. The van der Waals surface area contributed by atoms with Crippen molar-refractivity contribution in [3.63, 3.8) is 0 Å². The number of carbonyl (C=O) groups excluding carboxylic acids is 1. The van der Waals surface area contributed by atoms with Crippen molar-refractivity contribution in [2.24, 2.45) is 0 Å². The number of likely N-dealkylation sites (tertiary alicyclic amines) is 1. The van der Waals surface area contributed by atoms with E-state index in [1.165, 1.54) is 0 Å². The first-order valence-electron chi connectivity index (χ1n) is 5.15. The maximum absolute atomic E-state index is 12.0. The fraction of sp³-hybridized carbons (Fsp3) is 0.545. The van der Waals surface area contributed by atoms with Gasteiger partial charge >= 0.3 is 0 Å². The van der Waals surface area contributed by atoms with Gasteiger partial charge in [-0.25, -0.2) is 0 Å². The Bertz CT molecular complexity index is 361. The quantitative estimate of drug-likeness (QED) is 0.775. The summed E-state index contributed by atoms with van der Waals surface area (Å²) in [7, 11) is 0. The van der Waals surface area contributed by atoms with E-state index in [0.717, 1.165) is 30.5 Å². The van der Waals surface area contributed by atoms with Crippen molar-refractivity contribution in [3.8, 4) is 0 Å². The normalized spacial score (nSPS) is 20.9. The van der Waals surface area contributed by atoms with E-state index in [1.807, 2.05) is 17.9 Å². The minimum absolute atomic E-state index is 0.0186. The average Bonchev–Trinajstić information content (AvgIpc) is 2.84. The molecule has 1 aromatic heterocycles. The van der Waals surface area contributed by atoms with Crippen LogP contribution >= 0.6 is 15.9 Å². The number of hydrogen-bond donors (Lipinski definition) is 0. The maximum Gasteiger partial charge on any atom is 0.289 e. The molecule has 1 aliphatic heterocycles. The number of halogens is 1. The summed E-state index contributed by atoms with van der Waals surface area (Å²) < 4.78 is 5.34. The number of aryl methyl sites for hydroxylation is 1. The highest BCUT2D eigenvalue weighted by atomic mass is 79.9. The predicted molar refractivity (Wildman–Crippen MR) is 61.3 cm³/mol. The van der Waals surface area contributed by atoms with Gasteiger partial charge in [-0.1, -0.05) is 15.9 Å². The molecule has 1 unspecified atom stereocenters. The van der Waals surface area contributed by atoms with Crippen molar-refractivity contribution in [3.05, 3.63) is 23.7 Å². The standard InChI is InChI=1S/C11H14BrNO2/c1-8-4-5-10(15-8)11(14)13-6-2-3-9(13)7-12/h4-5,9H,2-3,6-7H2,1H3. The molecule has 1 saturated heterocycles. The van der Waals surface area contributed by atoms with Gasteiger partial charge in [-0.15, -0.1) is 0 Å². The fourth-order valence-electron chi connectivity index (χ4n) is 1.95. The molecule has 1 amide bonds. The van der Waals surface area contributed by atoms with E-state index in [4.69, 9.17) is 4.42 Å². The van der Waals surface area contributed by atoms with Crippen molar-refractivity contribution in [2.45, 2.75) is 25.8 Å². The van der Waals surface area contributed by atoms with Gasteiger partial charge in [0, 0.05) is 17.9 Å². The van der Waals surface area contributed by atoms with Crippen LogP contribution in [0.4, 0.5) is 0 Å². The van der Waals surface area contributed by atoms with E-state index in [-0.39, 0.29) is 5.91 Å². The van der Waals surface area contributed by atoms with E-state index in [1.54, 1.807) is 6.07 Å². The Balaban J connectivity index is 2.13. The number of amides is 1. The summed E-state index contributed by atoms with van der Waals surface area (Å²) in [5.74, 6) is 1.26. The molecule has 1 fully saturated rings. The minimum Gasteiger partial charge on any atom is -0.456 e. The molecule has 82 valence electrons. The van der Waals surface area contributed by atoms with Gasteiger partial charge in [-0.2, -0.15) is 0 Å². The third kappa shape index (κ3) is 2.09. The lowest BCUT2D eigenvalue weighted by Crippen LogP contribution is -2.36. The molecule has 0 aliphatic carbocycles. The van der Waals surface area contributed by atoms with Gasteiger partial charge in [0.05, 0.1) is 0 Å². The van der Waals surface area contributed by atoms with E-state index in [9.17, 15) is 4.79 Å². The second kappa shape index (κ2) is 4.39. The van der Waals surface area contributed by atoms with E-state index < -0.39 is 0 Å². The lowest BCUT2D eigenvalue weighted by molar-refractivity contribution is 0.0717. The molecule has 1 aromatic rings. The number of hydrogen-bond acceptors (Lipinski definition) is 2. The third-order valence-electron chi connectivity index (χ3n) is 2.77. The van der Waals surface area contributed by atoms with Crippen molar-refractivity contribution >= 4 is 21.8 Å². The fourth-order valence-corrected chi connectivity index (χ4v) is 2.63. The molecule has 0 aromatic carbocycles. The average molecular weight is 272 g/mol. The second-order valence-electron chi connectivity index (χ2n) is 3.86. The number of carbonyl (C=O) groups is 1. The molecule has 1 aliphatic rings. The van der Waals surface area contributed by atoms with Crippen LogP contribution in [0.3, 0.4) is 0 Å². The lowest BCUT2D eigenvalue weighted by atomic mass is 10.2. The summed E-state index contributed by atoms with van der Waals surface area (Å²) in [6, 6.07) is 3.90. The highest BCUT2D eigenvalue weighted by Gasteiger charge is 2.29. The Labute approximate surface area is 97.6 Å². The Hall–Kier alpha value is -0.770. The minimum atomic E-state index is 0.0186. The van der Waals surface area contributed by atoms with Gasteiger partial charge < -0.3 is 9.32 Å². The molecule has 0 radical (unpaired) electrons. The monoisotopic (exact) mass is 271 g/mol. The molecule has 0 bridgehead atoms. The van der Waals surface area contributed by atoms with Gasteiger partial charge in [-0.3, -0.25) is 4.79 Å². The van der Waals surface area contributed by atoms with Gasteiger partial charge in [-0.05, 0) is 31.9 Å². The Morgan fingerprint density at radius 1 is 1.67 bits per heavy atom. The third-order valence-corrected chi connectivity index (χ3v) is 3.51. The van der Waals surface area contributed by atoms with E-state index in [2.05, 4.69) is 15.9 Å². The van der Waals surface area contributed by atoms with Crippen LogP contribution in [0.2, 0.25) is 0 Å². The highest BCUT2D eigenvalue weighted by molar-refractivity contribution is 9.09. The molecule has 0 spiro atoms. The van der Waals surface area contributed by atoms with Crippen molar-refractivity contribution in [1.29, 1.82) is 0 Å². The molecule has 2 heterocycles.